The molecule has 180 valence electrons. The number of rotatable bonds is 4. The number of hydrogen-bond acceptors (Lipinski definition) is 5. The van der Waals surface area contributed by atoms with Crippen LogP contribution in [0.2, 0.25) is 5.02 Å². The molecular formula is C29H16ClIN2O4. The maximum absolute atomic E-state index is 13.1. The Bertz CT molecular complexity index is 1890. The molecule has 0 aliphatic rings. The normalized spacial score (nSPS) is 11.2. The molecule has 0 fully saturated rings. The summed E-state index contributed by atoms with van der Waals surface area (Å²) >= 11 is 8.54. The van der Waals surface area contributed by atoms with Gasteiger partial charge in [-0.2, -0.15) is 0 Å². The summed E-state index contributed by atoms with van der Waals surface area (Å²) in [6.45, 7) is 0. The Hall–Kier alpha value is -3.95. The van der Waals surface area contributed by atoms with Crippen LogP contribution in [0.3, 0.4) is 0 Å². The highest BCUT2D eigenvalue weighted by molar-refractivity contribution is 14.1. The van der Waals surface area contributed by atoms with Gasteiger partial charge in [-0.3, -0.25) is 4.79 Å². The van der Waals surface area contributed by atoms with E-state index < -0.39 is 5.63 Å². The highest BCUT2D eigenvalue weighted by atomic mass is 127. The summed E-state index contributed by atoms with van der Waals surface area (Å²) in [4.78, 5) is 30.2. The molecule has 6 nitrogen and oxygen atoms in total. The highest BCUT2D eigenvalue weighted by Gasteiger charge is 2.15. The Morgan fingerprint density at radius 2 is 1.70 bits per heavy atom. The van der Waals surface area contributed by atoms with Gasteiger partial charge >= 0.3 is 5.63 Å². The third kappa shape index (κ3) is 4.63. The van der Waals surface area contributed by atoms with Crippen LogP contribution in [-0.2, 0) is 0 Å². The minimum Gasteiger partial charge on any atom is -0.436 e. The van der Waals surface area contributed by atoms with Crippen molar-refractivity contribution in [3.8, 4) is 22.6 Å². The van der Waals surface area contributed by atoms with Crippen molar-refractivity contribution >= 4 is 67.9 Å². The topological polar surface area (TPSA) is 85.3 Å². The van der Waals surface area contributed by atoms with Crippen molar-refractivity contribution < 1.29 is 13.6 Å². The van der Waals surface area contributed by atoms with Crippen LogP contribution in [0.5, 0.6) is 0 Å². The summed E-state index contributed by atoms with van der Waals surface area (Å²) in [5.74, 6) is 0.0830. The number of para-hydroxylation sites is 1. The minimum absolute atomic E-state index is 0.323. The molecule has 1 N–H and O–H groups in total. The SMILES string of the molecule is O=C(Nc1ccc2oc(-c3cc(I)ccc3Cl)nc2c1)c1cccc(-c2cc3ccccc3oc2=O)c1. The number of anilines is 1. The molecule has 0 atom stereocenters. The number of hydrogen-bond donors (Lipinski definition) is 1. The van der Waals surface area contributed by atoms with E-state index in [1.54, 1.807) is 60.7 Å². The van der Waals surface area contributed by atoms with Gasteiger partial charge in [0.15, 0.2) is 5.58 Å². The standard InChI is InChI=1S/C29H16ClIN2O4/c30-23-10-8-19(31)14-22(23)28-33-24-15-20(9-11-26(24)36-28)32-27(34)18-6-3-5-16(12-18)21-13-17-4-1-2-7-25(17)37-29(21)35/h1-15H,(H,32,34). The average molecular weight is 619 g/mol. The zero-order chi connectivity index (χ0) is 25.5. The van der Waals surface area contributed by atoms with Crippen LogP contribution in [0.1, 0.15) is 10.4 Å². The number of carbonyl (C=O) groups excluding carboxylic acids is 1. The van der Waals surface area contributed by atoms with Gasteiger partial charge in [0, 0.05) is 20.2 Å². The van der Waals surface area contributed by atoms with Crippen molar-refractivity contribution in [2.45, 2.75) is 0 Å². The number of amides is 1. The van der Waals surface area contributed by atoms with E-state index in [0.29, 0.717) is 55.5 Å². The summed E-state index contributed by atoms with van der Waals surface area (Å²) in [7, 11) is 0. The molecule has 0 bridgehead atoms. The van der Waals surface area contributed by atoms with E-state index in [9.17, 15) is 9.59 Å². The van der Waals surface area contributed by atoms with E-state index in [2.05, 4.69) is 32.9 Å². The molecule has 0 aliphatic heterocycles. The Kier molecular flexibility index (Phi) is 6.02. The van der Waals surface area contributed by atoms with E-state index >= 15 is 0 Å². The lowest BCUT2D eigenvalue weighted by atomic mass is 10.0. The molecule has 0 aliphatic carbocycles. The van der Waals surface area contributed by atoms with Crippen molar-refractivity contribution in [3.63, 3.8) is 0 Å². The van der Waals surface area contributed by atoms with Gasteiger partial charge in [0.25, 0.3) is 5.91 Å². The zero-order valence-corrected chi connectivity index (χ0v) is 21.9. The largest absolute Gasteiger partial charge is 0.436 e. The second-order valence-electron chi connectivity index (χ2n) is 8.35. The predicted octanol–water partition coefficient (Wildman–Crippen LogP) is 7.78. The van der Waals surface area contributed by atoms with E-state index in [0.717, 1.165) is 8.96 Å². The maximum atomic E-state index is 13.1. The van der Waals surface area contributed by atoms with Crippen LogP contribution in [0.25, 0.3) is 44.7 Å². The molecule has 0 unspecified atom stereocenters. The summed E-state index contributed by atoms with van der Waals surface area (Å²) in [6, 6.07) is 26.8. The number of halogens is 2. The van der Waals surface area contributed by atoms with E-state index in [1.165, 1.54) is 0 Å². The maximum Gasteiger partial charge on any atom is 0.344 e. The Balaban J connectivity index is 1.28. The molecule has 2 aromatic heterocycles. The summed E-state index contributed by atoms with van der Waals surface area (Å²) in [5, 5.41) is 4.24. The summed E-state index contributed by atoms with van der Waals surface area (Å²) in [5.41, 5.74) is 3.86. The van der Waals surface area contributed by atoms with Crippen LogP contribution in [0.4, 0.5) is 5.69 Å². The molecule has 6 aromatic rings. The van der Waals surface area contributed by atoms with E-state index in [1.807, 2.05) is 30.3 Å². The zero-order valence-electron chi connectivity index (χ0n) is 19.0. The van der Waals surface area contributed by atoms with Gasteiger partial charge in [-0.1, -0.05) is 41.9 Å². The smallest absolute Gasteiger partial charge is 0.344 e. The van der Waals surface area contributed by atoms with Gasteiger partial charge in [0.05, 0.1) is 16.1 Å². The molecule has 1 amide bonds. The number of oxazole rings is 1. The first-order chi connectivity index (χ1) is 17.9. The summed E-state index contributed by atoms with van der Waals surface area (Å²) in [6.07, 6.45) is 0. The Morgan fingerprint density at radius 3 is 2.59 bits per heavy atom. The molecule has 0 spiro atoms. The molecule has 0 saturated heterocycles. The highest BCUT2D eigenvalue weighted by Crippen LogP contribution is 2.32. The first kappa shape index (κ1) is 23.4. The average Bonchev–Trinajstić information content (AvgIpc) is 3.33. The number of fused-ring (bicyclic) bond motifs is 2. The van der Waals surface area contributed by atoms with E-state index in [-0.39, 0.29) is 5.91 Å². The Morgan fingerprint density at radius 1 is 0.838 bits per heavy atom. The third-order valence-corrected chi connectivity index (χ3v) is 6.88. The second-order valence-corrected chi connectivity index (χ2v) is 10.00. The van der Waals surface area contributed by atoms with Crippen molar-refractivity contribution in [2.75, 3.05) is 5.32 Å². The van der Waals surface area contributed by atoms with Gasteiger partial charge in [0.2, 0.25) is 5.89 Å². The number of carbonyl (C=O) groups is 1. The van der Waals surface area contributed by atoms with Gasteiger partial charge < -0.3 is 14.2 Å². The molecule has 6 rings (SSSR count). The van der Waals surface area contributed by atoms with Crippen LogP contribution < -0.4 is 10.9 Å². The second kappa shape index (κ2) is 9.49. The molecule has 37 heavy (non-hydrogen) atoms. The van der Waals surface area contributed by atoms with Crippen molar-refractivity contribution in [1.29, 1.82) is 0 Å². The third-order valence-electron chi connectivity index (χ3n) is 5.88. The van der Waals surface area contributed by atoms with Crippen LogP contribution >= 0.6 is 34.2 Å². The van der Waals surface area contributed by atoms with Crippen molar-refractivity contribution in [3.05, 3.63) is 116 Å². The van der Waals surface area contributed by atoms with Gasteiger partial charge in [0.1, 0.15) is 11.1 Å². The predicted molar refractivity (Wildman–Crippen MR) is 153 cm³/mol. The Labute approximate surface area is 229 Å². The fourth-order valence-electron chi connectivity index (χ4n) is 4.08. The number of nitrogens with zero attached hydrogens (tertiary/aromatic N) is 1. The summed E-state index contributed by atoms with van der Waals surface area (Å²) < 4.78 is 12.4. The van der Waals surface area contributed by atoms with Gasteiger partial charge in [-0.15, -0.1) is 0 Å². The van der Waals surface area contributed by atoms with Crippen molar-refractivity contribution in [1.82, 2.24) is 4.98 Å². The molecule has 0 saturated carbocycles. The molecule has 8 heteroatoms. The lowest BCUT2D eigenvalue weighted by Gasteiger charge is -2.07. The minimum atomic E-state index is -0.461. The molecule has 2 heterocycles. The van der Waals surface area contributed by atoms with Gasteiger partial charge in [-0.25, -0.2) is 9.78 Å². The van der Waals surface area contributed by atoms with Gasteiger partial charge in [-0.05, 0) is 88.8 Å². The van der Waals surface area contributed by atoms with Crippen LogP contribution in [0.15, 0.2) is 105 Å². The monoisotopic (exact) mass is 618 g/mol. The number of benzene rings is 4. The lowest BCUT2D eigenvalue weighted by Crippen LogP contribution is -2.12. The molecule has 0 radical (unpaired) electrons. The fourth-order valence-corrected chi connectivity index (χ4v) is 4.77. The first-order valence-corrected chi connectivity index (χ1v) is 12.7. The van der Waals surface area contributed by atoms with Crippen LogP contribution in [0, 0.1) is 3.57 Å². The molecular weight excluding hydrogens is 603 g/mol. The van der Waals surface area contributed by atoms with Crippen molar-refractivity contribution in [2.24, 2.45) is 0 Å². The lowest BCUT2D eigenvalue weighted by molar-refractivity contribution is 0.102. The van der Waals surface area contributed by atoms with E-state index in [4.69, 9.17) is 20.4 Å². The first-order valence-electron chi connectivity index (χ1n) is 11.3. The number of aromatic nitrogens is 1. The number of nitrogens with one attached hydrogen (secondary N) is 1. The van der Waals surface area contributed by atoms with Crippen LogP contribution in [-0.4, -0.2) is 10.9 Å². The molecule has 4 aromatic carbocycles. The quantitative estimate of drug-likeness (QED) is 0.161. The fraction of sp³-hybridized carbons (Fsp3) is 0.